The summed E-state index contributed by atoms with van der Waals surface area (Å²) in [5, 5.41) is 9.28. The van der Waals surface area contributed by atoms with Gasteiger partial charge in [-0.3, -0.25) is 4.79 Å². The van der Waals surface area contributed by atoms with E-state index in [-0.39, 0.29) is 10.0 Å². The first-order valence-corrected chi connectivity index (χ1v) is 6.87. The molecule has 2 aliphatic rings. The van der Waals surface area contributed by atoms with Gasteiger partial charge in [0.1, 0.15) is 5.82 Å². The predicted octanol–water partition coefficient (Wildman–Crippen LogP) is 2.87. The van der Waals surface area contributed by atoms with Gasteiger partial charge in [0, 0.05) is 12.0 Å². The van der Waals surface area contributed by atoms with Gasteiger partial charge < -0.3 is 14.6 Å². The summed E-state index contributed by atoms with van der Waals surface area (Å²) >= 11 is 3.15. The van der Waals surface area contributed by atoms with Crippen molar-refractivity contribution >= 4 is 21.9 Å². The second-order valence-corrected chi connectivity index (χ2v) is 5.61. The van der Waals surface area contributed by atoms with Gasteiger partial charge in [-0.25, -0.2) is 4.39 Å². The van der Waals surface area contributed by atoms with Crippen molar-refractivity contribution in [1.82, 2.24) is 0 Å². The van der Waals surface area contributed by atoms with Crippen LogP contribution in [0.4, 0.5) is 4.39 Å². The van der Waals surface area contributed by atoms with Crippen molar-refractivity contribution < 1.29 is 23.8 Å². The number of ether oxygens (including phenoxy) is 2. The molecule has 4 nitrogen and oxygen atoms in total. The lowest BCUT2D eigenvalue weighted by atomic mass is 9.95. The highest BCUT2D eigenvalue weighted by atomic mass is 79.9. The quantitative estimate of drug-likeness (QED) is 0.905. The van der Waals surface area contributed by atoms with E-state index < -0.39 is 17.2 Å². The minimum absolute atomic E-state index is 0.148. The summed E-state index contributed by atoms with van der Waals surface area (Å²) in [6.45, 7) is 0.930. The van der Waals surface area contributed by atoms with Crippen LogP contribution in [0.3, 0.4) is 0 Å². The van der Waals surface area contributed by atoms with Gasteiger partial charge in [0.2, 0.25) is 0 Å². The van der Waals surface area contributed by atoms with Gasteiger partial charge in [-0.15, -0.1) is 0 Å². The molecule has 0 radical (unpaired) electrons. The number of halogens is 2. The lowest BCUT2D eigenvalue weighted by Crippen LogP contribution is -2.21. The van der Waals surface area contributed by atoms with Crippen LogP contribution in [0, 0.1) is 5.82 Å². The Kier molecular flexibility index (Phi) is 2.92. The van der Waals surface area contributed by atoms with E-state index >= 15 is 0 Å². The highest BCUT2D eigenvalue weighted by Gasteiger charge is 2.54. The van der Waals surface area contributed by atoms with Crippen molar-refractivity contribution in [3.8, 4) is 11.5 Å². The Balaban J connectivity index is 2.15. The van der Waals surface area contributed by atoms with Gasteiger partial charge in [-0.1, -0.05) is 0 Å². The molecular formula is C13H12BrFO4. The molecule has 0 unspecified atom stereocenters. The minimum atomic E-state index is -1.10. The Morgan fingerprint density at radius 2 is 2.05 bits per heavy atom. The lowest BCUT2D eigenvalue weighted by Gasteiger charge is -2.17. The van der Waals surface area contributed by atoms with Crippen LogP contribution in [0.5, 0.6) is 11.5 Å². The molecule has 1 aliphatic carbocycles. The van der Waals surface area contributed by atoms with Crippen LogP contribution in [0.1, 0.15) is 24.8 Å². The number of benzene rings is 1. The number of hydrogen-bond donors (Lipinski definition) is 1. The van der Waals surface area contributed by atoms with Gasteiger partial charge in [0.25, 0.3) is 0 Å². The summed E-state index contributed by atoms with van der Waals surface area (Å²) in [4.78, 5) is 11.3. The largest absolute Gasteiger partial charge is 0.490 e. The van der Waals surface area contributed by atoms with Crippen LogP contribution >= 0.6 is 15.9 Å². The molecule has 0 saturated heterocycles. The van der Waals surface area contributed by atoms with Gasteiger partial charge in [0.15, 0.2) is 11.5 Å². The Morgan fingerprint density at radius 1 is 1.37 bits per heavy atom. The zero-order valence-corrected chi connectivity index (χ0v) is 11.6. The second-order valence-electron chi connectivity index (χ2n) is 4.82. The Labute approximate surface area is 117 Å². The molecule has 102 valence electrons. The summed E-state index contributed by atoms with van der Waals surface area (Å²) in [5.41, 5.74) is -0.923. The molecule has 0 atom stereocenters. The molecular weight excluding hydrogens is 319 g/mol. The van der Waals surface area contributed by atoms with E-state index in [4.69, 9.17) is 9.47 Å². The maximum Gasteiger partial charge on any atom is 0.314 e. The molecule has 1 fully saturated rings. The number of carboxylic acid groups (broad SMARTS) is 1. The smallest absolute Gasteiger partial charge is 0.314 e. The maximum absolute atomic E-state index is 14.4. The Bertz CT molecular complexity index is 554. The molecule has 1 aromatic carbocycles. The third kappa shape index (κ3) is 1.89. The van der Waals surface area contributed by atoms with Gasteiger partial charge in [-0.05, 0) is 34.8 Å². The summed E-state index contributed by atoms with van der Waals surface area (Å²) in [7, 11) is 0. The van der Waals surface area contributed by atoms with Crippen molar-refractivity contribution in [1.29, 1.82) is 0 Å². The topological polar surface area (TPSA) is 55.8 Å². The summed E-state index contributed by atoms with van der Waals surface area (Å²) in [6.07, 6.45) is 1.61. The van der Waals surface area contributed by atoms with E-state index in [1.165, 1.54) is 6.07 Å². The molecule has 19 heavy (non-hydrogen) atoms. The van der Waals surface area contributed by atoms with E-state index in [0.717, 1.165) is 0 Å². The van der Waals surface area contributed by atoms with Crippen LogP contribution in [-0.4, -0.2) is 24.3 Å². The molecule has 0 aromatic heterocycles. The average molecular weight is 331 g/mol. The third-order valence-electron chi connectivity index (χ3n) is 3.60. The second kappa shape index (κ2) is 4.37. The SMILES string of the molecule is O=C(O)C1(c2cc3c(c(Br)c2F)OCCCO3)CC1. The summed E-state index contributed by atoms with van der Waals surface area (Å²) in [6, 6.07) is 1.47. The minimum Gasteiger partial charge on any atom is -0.490 e. The van der Waals surface area contributed by atoms with Gasteiger partial charge in [-0.2, -0.15) is 0 Å². The fourth-order valence-corrected chi connectivity index (χ4v) is 2.84. The fourth-order valence-electron chi connectivity index (χ4n) is 2.31. The van der Waals surface area contributed by atoms with Crippen molar-refractivity contribution in [2.75, 3.05) is 13.2 Å². The first-order valence-electron chi connectivity index (χ1n) is 6.08. The molecule has 6 heteroatoms. The highest BCUT2D eigenvalue weighted by molar-refractivity contribution is 9.10. The van der Waals surface area contributed by atoms with E-state index in [1.807, 2.05) is 0 Å². The standard InChI is InChI=1S/C13H12BrFO4/c14-9-10(15)7(13(2-3-13)12(16)17)6-8-11(9)19-5-1-4-18-8/h6H,1-5H2,(H,16,17). The van der Waals surface area contributed by atoms with E-state index in [2.05, 4.69) is 15.9 Å². The zero-order valence-electron chi connectivity index (χ0n) is 10.0. The monoisotopic (exact) mass is 330 g/mol. The molecule has 1 saturated carbocycles. The van der Waals surface area contributed by atoms with Gasteiger partial charge >= 0.3 is 5.97 Å². The number of carboxylic acids is 1. The summed E-state index contributed by atoms with van der Waals surface area (Å²) < 4.78 is 25.5. The molecule has 0 bridgehead atoms. The first-order chi connectivity index (χ1) is 9.06. The molecule has 0 spiro atoms. The highest BCUT2D eigenvalue weighted by Crippen LogP contribution is 2.53. The molecule has 1 aliphatic heterocycles. The molecule has 0 amide bonds. The summed E-state index contributed by atoms with van der Waals surface area (Å²) in [5.74, 6) is -0.829. The van der Waals surface area contributed by atoms with Crippen LogP contribution < -0.4 is 9.47 Å². The van der Waals surface area contributed by atoms with Crippen molar-refractivity contribution in [2.24, 2.45) is 0 Å². The normalized spacial score (nSPS) is 19.7. The van der Waals surface area contributed by atoms with Crippen LogP contribution in [0.2, 0.25) is 0 Å². The van der Waals surface area contributed by atoms with Crippen molar-refractivity contribution in [3.63, 3.8) is 0 Å². The molecule has 3 rings (SSSR count). The third-order valence-corrected chi connectivity index (χ3v) is 4.30. The van der Waals surface area contributed by atoms with E-state index in [1.54, 1.807) is 0 Å². The first kappa shape index (κ1) is 12.7. The van der Waals surface area contributed by atoms with E-state index in [0.29, 0.717) is 44.0 Å². The van der Waals surface area contributed by atoms with E-state index in [9.17, 15) is 14.3 Å². The van der Waals surface area contributed by atoms with Crippen molar-refractivity contribution in [2.45, 2.75) is 24.7 Å². The Morgan fingerprint density at radius 3 is 2.68 bits per heavy atom. The van der Waals surface area contributed by atoms with Crippen LogP contribution in [0.15, 0.2) is 10.5 Å². The number of fused-ring (bicyclic) bond motifs is 1. The van der Waals surface area contributed by atoms with Crippen molar-refractivity contribution in [3.05, 3.63) is 21.9 Å². The number of aliphatic carboxylic acids is 1. The molecule has 1 N–H and O–H groups in total. The van der Waals surface area contributed by atoms with Gasteiger partial charge in [0.05, 0.1) is 23.1 Å². The molecule has 1 heterocycles. The lowest BCUT2D eigenvalue weighted by molar-refractivity contribution is -0.140. The van der Waals surface area contributed by atoms with Crippen LogP contribution in [0.25, 0.3) is 0 Å². The zero-order chi connectivity index (χ0) is 13.6. The molecule has 1 aromatic rings. The maximum atomic E-state index is 14.4. The number of carbonyl (C=O) groups is 1. The predicted molar refractivity (Wildman–Crippen MR) is 68.3 cm³/mol. The number of rotatable bonds is 2. The average Bonchev–Trinajstić information content (AvgIpc) is 3.17. The Hall–Kier alpha value is -1.30. The fraction of sp³-hybridized carbons (Fsp3) is 0.462. The number of hydrogen-bond acceptors (Lipinski definition) is 3. The van der Waals surface area contributed by atoms with Crippen LogP contribution in [-0.2, 0) is 10.2 Å².